The van der Waals surface area contributed by atoms with Crippen LogP contribution in [0.25, 0.3) is 87.8 Å². The second kappa shape index (κ2) is 8.82. The monoisotopic (exact) mass is 558 g/mol. The highest BCUT2D eigenvalue weighted by Gasteiger charge is 2.19. The molecule has 0 spiro atoms. The van der Waals surface area contributed by atoms with Crippen molar-refractivity contribution in [2.45, 2.75) is 0 Å². The number of aromatic nitrogens is 2. The maximum atomic E-state index is 2.47. The van der Waals surface area contributed by atoms with Crippen LogP contribution in [-0.4, -0.2) is 8.97 Å². The number of nitrogens with zero attached hydrogens (tertiary/aromatic N) is 2. The number of benzene rings is 7. The van der Waals surface area contributed by atoms with Crippen molar-refractivity contribution >= 4 is 59.9 Å². The summed E-state index contributed by atoms with van der Waals surface area (Å²) in [7, 11) is 0. The fourth-order valence-electron chi connectivity index (χ4n) is 7.48. The van der Waals surface area contributed by atoms with Crippen molar-refractivity contribution in [1.82, 2.24) is 8.97 Å². The molecule has 0 unspecified atom stereocenters. The van der Waals surface area contributed by atoms with E-state index in [1.54, 1.807) is 0 Å². The summed E-state index contributed by atoms with van der Waals surface area (Å²) in [5.74, 6) is 0. The van der Waals surface area contributed by atoms with Crippen LogP contribution in [0.3, 0.4) is 0 Å². The molecule has 0 atom stereocenters. The number of hydrogen-bond acceptors (Lipinski definition) is 0. The van der Waals surface area contributed by atoms with Gasteiger partial charge in [0.25, 0.3) is 0 Å². The third-order valence-electron chi connectivity index (χ3n) is 9.46. The van der Waals surface area contributed by atoms with E-state index in [9.17, 15) is 0 Å². The molecule has 0 saturated heterocycles. The Morgan fingerprint density at radius 2 is 0.795 bits per heavy atom. The highest BCUT2D eigenvalue weighted by molar-refractivity contribution is 6.24. The minimum atomic E-state index is 1.19. The van der Waals surface area contributed by atoms with Gasteiger partial charge in [-0.1, -0.05) is 115 Å². The van der Waals surface area contributed by atoms with Gasteiger partial charge in [0.1, 0.15) is 0 Å². The predicted molar refractivity (Wildman–Crippen MR) is 186 cm³/mol. The van der Waals surface area contributed by atoms with Crippen LogP contribution in [0, 0.1) is 0 Å². The van der Waals surface area contributed by atoms with E-state index in [0.29, 0.717) is 0 Å². The molecule has 0 aliphatic heterocycles. The van der Waals surface area contributed by atoms with Crippen molar-refractivity contribution in [2.24, 2.45) is 0 Å². The van der Waals surface area contributed by atoms with Crippen molar-refractivity contribution < 1.29 is 0 Å². The first-order valence-corrected chi connectivity index (χ1v) is 15.2. The number of hydrogen-bond donors (Lipinski definition) is 0. The normalized spacial score (nSPS) is 12.1. The molecule has 10 rings (SSSR count). The van der Waals surface area contributed by atoms with E-state index in [2.05, 4.69) is 167 Å². The van der Waals surface area contributed by atoms with E-state index < -0.39 is 0 Å². The SMILES string of the molecule is c1ccc(-c2ccc(-c3ccc4c(c3)c3cccc5c6cc(-n7c8ccccc8c8ccccc87)ccc6n4c35)cc2)cc1. The maximum Gasteiger partial charge on any atom is 0.0620 e. The first-order chi connectivity index (χ1) is 21.8. The summed E-state index contributed by atoms with van der Waals surface area (Å²) >= 11 is 0. The van der Waals surface area contributed by atoms with Crippen molar-refractivity contribution in [3.05, 3.63) is 158 Å². The molecule has 204 valence electrons. The molecule has 0 N–H and O–H groups in total. The van der Waals surface area contributed by atoms with Crippen LogP contribution in [0.15, 0.2) is 158 Å². The third-order valence-corrected chi connectivity index (χ3v) is 9.46. The fraction of sp³-hybridized carbons (Fsp3) is 0. The minimum absolute atomic E-state index is 1.19. The molecular weight excluding hydrogens is 532 g/mol. The Morgan fingerprint density at radius 1 is 0.295 bits per heavy atom. The Balaban J connectivity index is 1.16. The molecule has 0 radical (unpaired) electrons. The molecule has 0 aliphatic rings. The van der Waals surface area contributed by atoms with Crippen LogP contribution in [0.2, 0.25) is 0 Å². The van der Waals surface area contributed by atoms with Gasteiger partial charge in [0.05, 0.1) is 27.6 Å². The lowest BCUT2D eigenvalue weighted by Crippen LogP contribution is -1.93. The number of para-hydroxylation sites is 3. The maximum absolute atomic E-state index is 2.47. The number of rotatable bonds is 3. The summed E-state index contributed by atoms with van der Waals surface area (Å²) in [5, 5.41) is 7.75. The van der Waals surface area contributed by atoms with Gasteiger partial charge in [0, 0.05) is 38.0 Å². The highest BCUT2D eigenvalue weighted by Crippen LogP contribution is 2.41. The van der Waals surface area contributed by atoms with Gasteiger partial charge in [-0.2, -0.15) is 0 Å². The van der Waals surface area contributed by atoms with Crippen molar-refractivity contribution in [1.29, 1.82) is 0 Å². The average Bonchev–Trinajstić information content (AvgIpc) is 3.73. The van der Waals surface area contributed by atoms with E-state index in [-0.39, 0.29) is 0 Å². The van der Waals surface area contributed by atoms with Gasteiger partial charge in [-0.25, -0.2) is 0 Å². The molecule has 3 aromatic heterocycles. The summed E-state index contributed by atoms with van der Waals surface area (Å²) in [5.41, 5.74) is 12.4. The molecule has 0 aliphatic carbocycles. The topological polar surface area (TPSA) is 9.34 Å². The Labute approximate surface area is 254 Å². The molecule has 0 fully saturated rings. The van der Waals surface area contributed by atoms with Gasteiger partial charge < -0.3 is 8.97 Å². The van der Waals surface area contributed by atoms with Crippen LogP contribution in [0.5, 0.6) is 0 Å². The molecule has 44 heavy (non-hydrogen) atoms. The smallest absolute Gasteiger partial charge is 0.0620 e. The molecule has 10 aromatic rings. The fourth-order valence-corrected chi connectivity index (χ4v) is 7.48. The first kappa shape index (κ1) is 23.7. The Morgan fingerprint density at radius 3 is 1.48 bits per heavy atom. The van der Waals surface area contributed by atoms with Crippen LogP contribution in [0.4, 0.5) is 0 Å². The zero-order chi connectivity index (χ0) is 28.8. The lowest BCUT2D eigenvalue weighted by atomic mass is 9.99. The summed E-state index contributed by atoms with van der Waals surface area (Å²) in [6.07, 6.45) is 0. The van der Waals surface area contributed by atoms with Gasteiger partial charge >= 0.3 is 0 Å². The van der Waals surface area contributed by atoms with Crippen LogP contribution >= 0.6 is 0 Å². The molecule has 2 nitrogen and oxygen atoms in total. The third kappa shape index (κ3) is 3.20. The minimum Gasteiger partial charge on any atom is -0.309 e. The lowest BCUT2D eigenvalue weighted by Gasteiger charge is -2.09. The molecule has 3 heterocycles. The summed E-state index contributed by atoms with van der Waals surface area (Å²) in [4.78, 5) is 0. The second-order valence-corrected chi connectivity index (χ2v) is 11.8. The highest BCUT2D eigenvalue weighted by atomic mass is 15.0. The largest absolute Gasteiger partial charge is 0.309 e. The van der Waals surface area contributed by atoms with Gasteiger partial charge in [0.15, 0.2) is 0 Å². The quantitative estimate of drug-likeness (QED) is 0.204. The van der Waals surface area contributed by atoms with Gasteiger partial charge in [-0.05, 0) is 64.7 Å². The van der Waals surface area contributed by atoms with E-state index in [1.807, 2.05) is 0 Å². The summed E-state index contributed by atoms with van der Waals surface area (Å²) in [6, 6.07) is 57.6. The van der Waals surface area contributed by atoms with Gasteiger partial charge in [-0.15, -0.1) is 0 Å². The molecule has 0 amide bonds. The molecule has 2 heteroatoms. The van der Waals surface area contributed by atoms with Crippen LogP contribution in [-0.2, 0) is 0 Å². The average molecular weight is 559 g/mol. The molecule has 0 bridgehead atoms. The first-order valence-electron chi connectivity index (χ1n) is 15.2. The van der Waals surface area contributed by atoms with Crippen LogP contribution in [0.1, 0.15) is 0 Å². The Kier molecular flexibility index (Phi) is 4.75. The zero-order valence-electron chi connectivity index (χ0n) is 23.9. The van der Waals surface area contributed by atoms with E-state index >= 15 is 0 Å². The molecular formula is C42H26N2. The molecule has 0 saturated carbocycles. The second-order valence-electron chi connectivity index (χ2n) is 11.8. The lowest BCUT2D eigenvalue weighted by molar-refractivity contribution is 1.18. The van der Waals surface area contributed by atoms with Crippen molar-refractivity contribution in [3.63, 3.8) is 0 Å². The summed E-state index contributed by atoms with van der Waals surface area (Å²) in [6.45, 7) is 0. The number of fused-ring (bicyclic) bond motifs is 9. The van der Waals surface area contributed by atoms with E-state index in [4.69, 9.17) is 0 Å². The summed E-state index contributed by atoms with van der Waals surface area (Å²) < 4.78 is 4.87. The van der Waals surface area contributed by atoms with Crippen LogP contribution < -0.4 is 0 Å². The standard InChI is InChI=1S/C42H26N2/c1-2-9-27(10-3-1)28-17-19-29(20-18-28)30-21-23-40-36(25-30)34-13-8-14-35-37-26-31(22-24-41(37)44(40)42(34)35)43-38-15-6-4-11-32(38)33-12-5-7-16-39(33)43/h1-26H. The van der Waals surface area contributed by atoms with Gasteiger partial charge in [0.2, 0.25) is 0 Å². The molecule has 7 aromatic carbocycles. The Hall–Kier alpha value is -5.86. The zero-order valence-corrected chi connectivity index (χ0v) is 23.9. The van der Waals surface area contributed by atoms with E-state index in [0.717, 1.165) is 0 Å². The van der Waals surface area contributed by atoms with Crippen molar-refractivity contribution in [2.75, 3.05) is 0 Å². The van der Waals surface area contributed by atoms with Gasteiger partial charge in [-0.3, -0.25) is 0 Å². The van der Waals surface area contributed by atoms with Crippen molar-refractivity contribution in [3.8, 4) is 27.9 Å². The Bertz CT molecular complexity index is 2640. The predicted octanol–water partition coefficient (Wildman–Crippen LogP) is 11.3. The van der Waals surface area contributed by atoms with E-state index in [1.165, 1.54) is 87.8 Å².